The molecule has 0 fully saturated rings. The van der Waals surface area contributed by atoms with E-state index < -0.39 is 6.10 Å². The van der Waals surface area contributed by atoms with Gasteiger partial charge in [0.2, 0.25) is 0 Å². The van der Waals surface area contributed by atoms with Gasteiger partial charge in [-0.2, -0.15) is 0 Å². The number of aliphatic hydroxyl groups excluding tert-OH is 1. The molecule has 0 aliphatic carbocycles. The van der Waals surface area contributed by atoms with Gasteiger partial charge >= 0.3 is 0 Å². The second kappa shape index (κ2) is 9.42. The number of benzene rings is 3. The van der Waals surface area contributed by atoms with Crippen molar-refractivity contribution in [1.29, 1.82) is 0 Å². The van der Waals surface area contributed by atoms with E-state index >= 15 is 0 Å². The van der Waals surface area contributed by atoms with Crippen LogP contribution >= 0.6 is 12.4 Å². The standard InChI is InChI=1S/C21H23NO2.ClH/c1-2-24-21-13-12-16-8-6-7-11-18(16)19(21)14-22-15-20(23)17-9-4-3-5-10-17;/h3-13,20,22-23H,2,14-15H2,1H3;1H. The van der Waals surface area contributed by atoms with E-state index in [2.05, 4.69) is 23.5 Å². The van der Waals surface area contributed by atoms with Crippen molar-refractivity contribution < 1.29 is 9.84 Å². The average Bonchev–Trinajstić information content (AvgIpc) is 2.64. The SMILES string of the molecule is CCOc1ccc2ccccc2c1CNCC(O)c1ccccc1.Cl. The van der Waals surface area contributed by atoms with Gasteiger partial charge in [-0.25, -0.2) is 0 Å². The summed E-state index contributed by atoms with van der Waals surface area (Å²) in [6, 6.07) is 22.1. The molecule has 132 valence electrons. The molecule has 1 unspecified atom stereocenters. The molecule has 0 aliphatic rings. The van der Waals surface area contributed by atoms with Crippen LogP contribution in [0.5, 0.6) is 5.75 Å². The van der Waals surface area contributed by atoms with Gasteiger partial charge in [-0.05, 0) is 29.3 Å². The minimum absolute atomic E-state index is 0. The molecule has 0 aromatic heterocycles. The number of hydrogen-bond donors (Lipinski definition) is 2. The molecular formula is C21H24ClNO2. The topological polar surface area (TPSA) is 41.5 Å². The zero-order chi connectivity index (χ0) is 16.8. The minimum atomic E-state index is -0.517. The van der Waals surface area contributed by atoms with Crippen molar-refractivity contribution >= 4 is 23.2 Å². The lowest BCUT2D eigenvalue weighted by Crippen LogP contribution is -2.21. The van der Waals surface area contributed by atoms with Gasteiger partial charge in [-0.15, -0.1) is 12.4 Å². The van der Waals surface area contributed by atoms with E-state index in [4.69, 9.17) is 4.74 Å². The van der Waals surface area contributed by atoms with E-state index in [1.165, 1.54) is 10.8 Å². The highest BCUT2D eigenvalue weighted by atomic mass is 35.5. The van der Waals surface area contributed by atoms with Crippen LogP contribution in [0.15, 0.2) is 66.7 Å². The second-order valence-corrected chi connectivity index (χ2v) is 5.75. The molecule has 3 aromatic carbocycles. The van der Waals surface area contributed by atoms with Crippen LogP contribution in [0, 0.1) is 0 Å². The van der Waals surface area contributed by atoms with E-state index in [1.54, 1.807) is 0 Å². The number of hydrogen-bond acceptors (Lipinski definition) is 3. The van der Waals surface area contributed by atoms with Crippen molar-refractivity contribution in [2.75, 3.05) is 13.2 Å². The molecule has 3 aromatic rings. The lowest BCUT2D eigenvalue weighted by Gasteiger charge is -2.16. The van der Waals surface area contributed by atoms with Gasteiger partial charge in [-0.1, -0.05) is 60.7 Å². The van der Waals surface area contributed by atoms with Crippen LogP contribution in [-0.2, 0) is 6.54 Å². The first-order valence-electron chi connectivity index (χ1n) is 8.36. The van der Waals surface area contributed by atoms with Crippen LogP contribution in [0.3, 0.4) is 0 Å². The summed E-state index contributed by atoms with van der Waals surface area (Å²) in [5, 5.41) is 16.0. The summed E-state index contributed by atoms with van der Waals surface area (Å²) >= 11 is 0. The maximum absolute atomic E-state index is 10.3. The molecule has 0 radical (unpaired) electrons. The molecule has 25 heavy (non-hydrogen) atoms. The molecule has 2 N–H and O–H groups in total. The predicted molar refractivity (Wildman–Crippen MR) is 105 cm³/mol. The molecule has 0 bridgehead atoms. The average molecular weight is 358 g/mol. The quantitative estimate of drug-likeness (QED) is 0.655. The molecule has 1 atom stereocenters. The number of ether oxygens (including phenoxy) is 1. The Bertz CT molecular complexity index is 792. The maximum Gasteiger partial charge on any atom is 0.124 e. The molecule has 0 saturated carbocycles. The summed E-state index contributed by atoms with van der Waals surface area (Å²) in [7, 11) is 0. The van der Waals surface area contributed by atoms with Gasteiger partial charge in [0.15, 0.2) is 0 Å². The van der Waals surface area contributed by atoms with Crippen LogP contribution in [0.25, 0.3) is 10.8 Å². The number of nitrogens with one attached hydrogen (secondary N) is 1. The zero-order valence-corrected chi connectivity index (χ0v) is 15.1. The lowest BCUT2D eigenvalue weighted by molar-refractivity contribution is 0.174. The second-order valence-electron chi connectivity index (χ2n) is 5.75. The summed E-state index contributed by atoms with van der Waals surface area (Å²) in [6.45, 7) is 3.78. The third-order valence-electron chi connectivity index (χ3n) is 4.12. The summed E-state index contributed by atoms with van der Waals surface area (Å²) in [6.07, 6.45) is -0.517. The highest BCUT2D eigenvalue weighted by Gasteiger charge is 2.10. The van der Waals surface area contributed by atoms with Gasteiger partial charge in [0, 0.05) is 18.7 Å². The van der Waals surface area contributed by atoms with Gasteiger partial charge in [0.25, 0.3) is 0 Å². The molecule has 3 nitrogen and oxygen atoms in total. The molecule has 4 heteroatoms. The normalized spacial score (nSPS) is 11.8. The predicted octanol–water partition coefficient (Wildman–Crippen LogP) is 4.48. The largest absolute Gasteiger partial charge is 0.494 e. The highest BCUT2D eigenvalue weighted by molar-refractivity contribution is 5.87. The molecule has 0 amide bonds. The maximum atomic E-state index is 10.3. The van der Waals surface area contributed by atoms with Crippen LogP contribution < -0.4 is 10.1 Å². The Hall–Kier alpha value is -2.07. The third kappa shape index (κ3) is 4.73. The molecule has 0 heterocycles. The molecule has 0 aliphatic heterocycles. The number of rotatable bonds is 7. The Labute approximate surface area is 155 Å². The lowest BCUT2D eigenvalue weighted by atomic mass is 10.0. The first-order valence-corrected chi connectivity index (χ1v) is 8.36. The minimum Gasteiger partial charge on any atom is -0.494 e. The van der Waals surface area contributed by atoms with E-state index in [0.717, 1.165) is 16.9 Å². The van der Waals surface area contributed by atoms with Crippen LogP contribution in [-0.4, -0.2) is 18.3 Å². The fraction of sp³-hybridized carbons (Fsp3) is 0.238. The van der Waals surface area contributed by atoms with Crippen molar-refractivity contribution in [3.8, 4) is 5.75 Å². The van der Waals surface area contributed by atoms with Gasteiger partial charge in [0.1, 0.15) is 5.75 Å². The summed E-state index contributed by atoms with van der Waals surface area (Å²) in [5.74, 6) is 0.901. The van der Waals surface area contributed by atoms with Crippen LogP contribution in [0.4, 0.5) is 0 Å². The van der Waals surface area contributed by atoms with Crippen molar-refractivity contribution in [2.24, 2.45) is 0 Å². The Balaban J connectivity index is 0.00000225. The smallest absolute Gasteiger partial charge is 0.124 e. The molecule has 0 saturated heterocycles. The van der Waals surface area contributed by atoms with Crippen LogP contribution in [0.2, 0.25) is 0 Å². The van der Waals surface area contributed by atoms with Crippen molar-refractivity contribution in [2.45, 2.75) is 19.6 Å². The van der Waals surface area contributed by atoms with E-state index in [1.807, 2.05) is 55.5 Å². The van der Waals surface area contributed by atoms with E-state index in [9.17, 15) is 5.11 Å². The summed E-state index contributed by atoms with van der Waals surface area (Å²) in [4.78, 5) is 0. The van der Waals surface area contributed by atoms with Crippen LogP contribution in [0.1, 0.15) is 24.2 Å². The van der Waals surface area contributed by atoms with E-state index in [-0.39, 0.29) is 12.4 Å². The fourth-order valence-corrected chi connectivity index (χ4v) is 2.92. The Morgan fingerprint density at radius 3 is 2.44 bits per heavy atom. The van der Waals surface area contributed by atoms with E-state index in [0.29, 0.717) is 19.7 Å². The monoisotopic (exact) mass is 357 g/mol. The molecule has 3 rings (SSSR count). The summed E-state index contributed by atoms with van der Waals surface area (Å²) < 4.78 is 5.78. The number of halogens is 1. The van der Waals surface area contributed by atoms with Crippen molar-refractivity contribution in [1.82, 2.24) is 5.32 Å². The zero-order valence-electron chi connectivity index (χ0n) is 14.3. The highest BCUT2D eigenvalue weighted by Crippen LogP contribution is 2.28. The summed E-state index contributed by atoms with van der Waals surface area (Å²) in [5.41, 5.74) is 2.06. The van der Waals surface area contributed by atoms with Crippen molar-refractivity contribution in [3.63, 3.8) is 0 Å². The van der Waals surface area contributed by atoms with Gasteiger partial charge in [-0.3, -0.25) is 0 Å². The molecular weight excluding hydrogens is 334 g/mol. The molecule has 0 spiro atoms. The van der Waals surface area contributed by atoms with Crippen molar-refractivity contribution in [3.05, 3.63) is 77.9 Å². The Morgan fingerprint density at radius 2 is 1.68 bits per heavy atom. The van der Waals surface area contributed by atoms with Gasteiger partial charge in [0.05, 0.1) is 12.7 Å². The van der Waals surface area contributed by atoms with Gasteiger partial charge < -0.3 is 15.2 Å². The Morgan fingerprint density at radius 1 is 0.960 bits per heavy atom. The third-order valence-corrected chi connectivity index (χ3v) is 4.12. The number of fused-ring (bicyclic) bond motifs is 1. The first kappa shape index (κ1) is 19.3. The number of aliphatic hydroxyl groups is 1. The Kier molecular flexibility index (Phi) is 7.26. The fourth-order valence-electron chi connectivity index (χ4n) is 2.92. The first-order chi connectivity index (χ1) is 11.8.